The molecule has 1 aromatic heterocycles. The smallest absolute Gasteiger partial charge is 0.122 e. The molecule has 0 spiro atoms. The lowest BCUT2D eigenvalue weighted by Crippen LogP contribution is -2.28. The first-order chi connectivity index (χ1) is 10.3. The van der Waals surface area contributed by atoms with Gasteiger partial charge in [-0.25, -0.2) is 0 Å². The van der Waals surface area contributed by atoms with Crippen molar-refractivity contribution in [1.82, 2.24) is 10.2 Å². The highest BCUT2D eigenvalue weighted by atomic mass is 16.3. The molecule has 2 fully saturated rings. The Morgan fingerprint density at radius 1 is 1.33 bits per heavy atom. The maximum atomic E-state index is 5.64. The largest absolute Gasteiger partial charge is 0.468 e. The highest BCUT2D eigenvalue weighted by Gasteiger charge is 2.39. The van der Waals surface area contributed by atoms with E-state index in [1.54, 1.807) is 0 Å². The number of hydrogen-bond donors (Lipinski definition) is 1. The molecular formula is C18H30N2O. The second-order valence-electron chi connectivity index (χ2n) is 7.18. The van der Waals surface area contributed by atoms with Gasteiger partial charge in [-0.2, -0.15) is 0 Å². The molecule has 21 heavy (non-hydrogen) atoms. The van der Waals surface area contributed by atoms with Gasteiger partial charge in [0.05, 0.1) is 12.8 Å². The van der Waals surface area contributed by atoms with Gasteiger partial charge in [-0.15, -0.1) is 0 Å². The minimum absolute atomic E-state index is 0.859. The molecule has 1 aromatic rings. The number of furan rings is 1. The highest BCUT2D eigenvalue weighted by molar-refractivity contribution is 5.16. The Morgan fingerprint density at radius 2 is 2.24 bits per heavy atom. The second-order valence-corrected chi connectivity index (χ2v) is 7.18. The predicted octanol–water partition coefficient (Wildman–Crippen LogP) is 3.65. The summed E-state index contributed by atoms with van der Waals surface area (Å²) in [6.07, 6.45) is 8.98. The van der Waals surface area contributed by atoms with E-state index in [9.17, 15) is 0 Å². The lowest BCUT2D eigenvalue weighted by molar-refractivity contribution is 0.213. The molecule has 1 N–H and O–H groups in total. The van der Waals surface area contributed by atoms with Crippen LogP contribution in [0, 0.1) is 17.8 Å². The summed E-state index contributed by atoms with van der Waals surface area (Å²) >= 11 is 0. The van der Waals surface area contributed by atoms with Crippen LogP contribution in [-0.2, 0) is 13.1 Å². The average molecular weight is 290 g/mol. The highest BCUT2D eigenvalue weighted by Crippen LogP contribution is 2.48. The molecule has 1 heterocycles. The molecule has 2 aliphatic carbocycles. The first kappa shape index (κ1) is 15.1. The van der Waals surface area contributed by atoms with Crippen molar-refractivity contribution in [3.63, 3.8) is 0 Å². The Kier molecular flexibility index (Phi) is 5.02. The standard InChI is InChI=1S/C18H30N2O/c1-3-7-19-11-18-16(6-8-21-18)12-20(2)13-17-10-14-4-5-15(17)9-14/h6,8,14-15,17,19H,3-5,7,9-13H2,1-2H3. The maximum absolute atomic E-state index is 5.64. The van der Waals surface area contributed by atoms with Crippen LogP contribution in [0.3, 0.4) is 0 Å². The summed E-state index contributed by atoms with van der Waals surface area (Å²) in [5.41, 5.74) is 1.35. The zero-order valence-corrected chi connectivity index (χ0v) is 13.6. The Labute approximate surface area is 129 Å². The molecule has 3 atom stereocenters. The molecule has 0 aromatic carbocycles. The quantitative estimate of drug-likeness (QED) is 0.741. The van der Waals surface area contributed by atoms with Gasteiger partial charge in [0.25, 0.3) is 0 Å². The van der Waals surface area contributed by atoms with E-state index in [1.807, 2.05) is 6.26 Å². The summed E-state index contributed by atoms with van der Waals surface area (Å²) in [6, 6.07) is 2.14. The van der Waals surface area contributed by atoms with Crippen molar-refractivity contribution in [2.45, 2.75) is 52.1 Å². The summed E-state index contributed by atoms with van der Waals surface area (Å²) in [4.78, 5) is 2.50. The van der Waals surface area contributed by atoms with Gasteiger partial charge < -0.3 is 14.6 Å². The third-order valence-electron chi connectivity index (χ3n) is 5.42. The summed E-state index contributed by atoms with van der Waals surface area (Å²) in [5.74, 6) is 4.13. The first-order valence-electron chi connectivity index (χ1n) is 8.70. The summed E-state index contributed by atoms with van der Waals surface area (Å²) in [7, 11) is 2.27. The number of fused-ring (bicyclic) bond motifs is 2. The van der Waals surface area contributed by atoms with Crippen LogP contribution in [0.5, 0.6) is 0 Å². The van der Waals surface area contributed by atoms with Crippen LogP contribution >= 0.6 is 0 Å². The van der Waals surface area contributed by atoms with E-state index in [0.29, 0.717) is 0 Å². The van der Waals surface area contributed by atoms with Gasteiger partial charge in [0, 0.05) is 18.7 Å². The fourth-order valence-corrected chi connectivity index (χ4v) is 4.40. The number of rotatable bonds is 8. The molecule has 0 saturated heterocycles. The summed E-state index contributed by atoms with van der Waals surface area (Å²) in [6.45, 7) is 6.39. The average Bonchev–Trinajstić information content (AvgIpc) is 3.16. The van der Waals surface area contributed by atoms with E-state index in [4.69, 9.17) is 4.42 Å². The molecule has 3 heteroatoms. The van der Waals surface area contributed by atoms with Crippen LogP contribution in [-0.4, -0.2) is 25.0 Å². The molecule has 118 valence electrons. The van der Waals surface area contributed by atoms with Crippen LogP contribution in [0.4, 0.5) is 0 Å². The Hall–Kier alpha value is -0.800. The molecule has 2 aliphatic rings. The minimum atomic E-state index is 0.859. The van der Waals surface area contributed by atoms with Crippen molar-refractivity contribution in [3.8, 4) is 0 Å². The zero-order valence-electron chi connectivity index (χ0n) is 13.6. The first-order valence-corrected chi connectivity index (χ1v) is 8.70. The molecule has 3 unspecified atom stereocenters. The van der Waals surface area contributed by atoms with E-state index in [0.717, 1.165) is 43.1 Å². The van der Waals surface area contributed by atoms with Gasteiger partial charge >= 0.3 is 0 Å². The van der Waals surface area contributed by atoms with Crippen LogP contribution in [0.1, 0.15) is 50.4 Å². The van der Waals surface area contributed by atoms with Crippen molar-refractivity contribution in [1.29, 1.82) is 0 Å². The molecule has 2 bridgehead atoms. The Bertz CT molecular complexity index is 442. The third kappa shape index (κ3) is 3.70. The minimum Gasteiger partial charge on any atom is -0.468 e. The third-order valence-corrected chi connectivity index (χ3v) is 5.42. The molecule has 0 radical (unpaired) electrons. The second kappa shape index (κ2) is 6.97. The van der Waals surface area contributed by atoms with Gasteiger partial charge in [0.1, 0.15) is 5.76 Å². The van der Waals surface area contributed by atoms with Crippen LogP contribution < -0.4 is 5.32 Å². The van der Waals surface area contributed by atoms with E-state index < -0.39 is 0 Å². The Balaban J connectivity index is 1.48. The summed E-state index contributed by atoms with van der Waals surface area (Å²) in [5, 5.41) is 3.43. The van der Waals surface area contributed by atoms with Gasteiger partial charge in [-0.3, -0.25) is 0 Å². The SMILES string of the molecule is CCCNCc1occc1CN(C)CC1CC2CCC1C2. The maximum Gasteiger partial charge on any atom is 0.122 e. The number of nitrogens with zero attached hydrogens (tertiary/aromatic N) is 1. The van der Waals surface area contributed by atoms with Gasteiger partial charge in [-0.05, 0) is 63.1 Å². The van der Waals surface area contributed by atoms with Gasteiger partial charge in [0.2, 0.25) is 0 Å². The molecule has 3 nitrogen and oxygen atoms in total. The van der Waals surface area contributed by atoms with Crippen molar-refractivity contribution >= 4 is 0 Å². The zero-order chi connectivity index (χ0) is 14.7. The topological polar surface area (TPSA) is 28.4 Å². The number of hydrogen-bond acceptors (Lipinski definition) is 3. The summed E-state index contributed by atoms with van der Waals surface area (Å²) < 4.78 is 5.64. The molecule has 3 rings (SSSR count). The fraction of sp³-hybridized carbons (Fsp3) is 0.778. The van der Waals surface area contributed by atoms with Crippen molar-refractivity contribution < 1.29 is 4.42 Å². The molecule has 2 saturated carbocycles. The predicted molar refractivity (Wildman–Crippen MR) is 86.0 cm³/mol. The van der Waals surface area contributed by atoms with E-state index in [2.05, 4.69) is 30.3 Å². The number of nitrogens with one attached hydrogen (secondary N) is 1. The lowest BCUT2D eigenvalue weighted by atomic mass is 9.88. The van der Waals surface area contributed by atoms with Crippen molar-refractivity contribution in [2.75, 3.05) is 20.1 Å². The van der Waals surface area contributed by atoms with E-state index in [1.165, 1.54) is 44.2 Å². The van der Waals surface area contributed by atoms with Gasteiger partial charge in [0.15, 0.2) is 0 Å². The van der Waals surface area contributed by atoms with Crippen molar-refractivity contribution in [3.05, 3.63) is 23.7 Å². The fourth-order valence-electron chi connectivity index (χ4n) is 4.40. The normalized spacial score (nSPS) is 27.9. The molecular weight excluding hydrogens is 260 g/mol. The van der Waals surface area contributed by atoms with Crippen LogP contribution in [0.25, 0.3) is 0 Å². The van der Waals surface area contributed by atoms with E-state index >= 15 is 0 Å². The molecule has 0 amide bonds. The van der Waals surface area contributed by atoms with Crippen LogP contribution in [0.15, 0.2) is 16.7 Å². The van der Waals surface area contributed by atoms with Crippen LogP contribution in [0.2, 0.25) is 0 Å². The van der Waals surface area contributed by atoms with E-state index in [-0.39, 0.29) is 0 Å². The van der Waals surface area contributed by atoms with Crippen molar-refractivity contribution in [2.24, 2.45) is 17.8 Å². The Morgan fingerprint density at radius 3 is 2.95 bits per heavy atom. The monoisotopic (exact) mass is 290 g/mol. The molecule has 0 aliphatic heterocycles. The van der Waals surface area contributed by atoms with Gasteiger partial charge in [-0.1, -0.05) is 13.3 Å². The lowest BCUT2D eigenvalue weighted by Gasteiger charge is -2.27.